The SMILES string of the molecule is OCc1cccc2c1ccn2CNCc1ccccc1. The van der Waals surface area contributed by atoms with Gasteiger partial charge in [0.25, 0.3) is 0 Å². The fourth-order valence-corrected chi connectivity index (χ4v) is 2.48. The molecule has 2 N–H and O–H groups in total. The van der Waals surface area contributed by atoms with Crippen LogP contribution in [0.5, 0.6) is 0 Å². The summed E-state index contributed by atoms with van der Waals surface area (Å²) in [4.78, 5) is 0. The Morgan fingerprint density at radius 2 is 1.80 bits per heavy atom. The Kier molecular flexibility index (Phi) is 3.81. The van der Waals surface area contributed by atoms with Crippen molar-refractivity contribution in [2.24, 2.45) is 0 Å². The first-order valence-electron chi connectivity index (χ1n) is 6.81. The highest BCUT2D eigenvalue weighted by Gasteiger charge is 2.04. The predicted octanol–water partition coefficient (Wildman–Crippen LogP) is 2.88. The van der Waals surface area contributed by atoms with Crippen molar-refractivity contribution in [3.05, 3.63) is 71.9 Å². The molecular weight excluding hydrogens is 248 g/mol. The Morgan fingerprint density at radius 3 is 2.60 bits per heavy atom. The number of fused-ring (bicyclic) bond motifs is 1. The molecule has 0 radical (unpaired) electrons. The maximum atomic E-state index is 9.34. The maximum absolute atomic E-state index is 9.34. The van der Waals surface area contributed by atoms with Crippen LogP contribution in [0.3, 0.4) is 0 Å². The summed E-state index contributed by atoms with van der Waals surface area (Å²) >= 11 is 0. The van der Waals surface area contributed by atoms with Gasteiger partial charge in [-0.25, -0.2) is 0 Å². The van der Waals surface area contributed by atoms with Crippen molar-refractivity contribution < 1.29 is 5.11 Å². The molecule has 0 aliphatic heterocycles. The summed E-state index contributed by atoms with van der Waals surface area (Å²) in [6.45, 7) is 1.69. The van der Waals surface area contributed by atoms with E-state index in [2.05, 4.69) is 52.5 Å². The van der Waals surface area contributed by atoms with Gasteiger partial charge in [0.05, 0.1) is 13.3 Å². The van der Waals surface area contributed by atoms with Crippen molar-refractivity contribution in [1.82, 2.24) is 9.88 Å². The molecular formula is C17H18N2O. The molecule has 0 saturated heterocycles. The van der Waals surface area contributed by atoms with E-state index in [1.54, 1.807) is 0 Å². The Labute approximate surface area is 118 Å². The van der Waals surface area contributed by atoms with Crippen molar-refractivity contribution >= 4 is 10.9 Å². The van der Waals surface area contributed by atoms with Crippen LogP contribution in [0.4, 0.5) is 0 Å². The van der Waals surface area contributed by atoms with E-state index in [1.165, 1.54) is 5.56 Å². The van der Waals surface area contributed by atoms with Crippen molar-refractivity contribution in [1.29, 1.82) is 0 Å². The molecule has 3 rings (SSSR count). The number of hydrogen-bond donors (Lipinski definition) is 2. The minimum absolute atomic E-state index is 0.0821. The fraction of sp³-hybridized carbons (Fsp3) is 0.176. The first-order chi connectivity index (χ1) is 9.88. The van der Waals surface area contributed by atoms with E-state index >= 15 is 0 Å². The number of hydrogen-bond acceptors (Lipinski definition) is 2. The summed E-state index contributed by atoms with van der Waals surface area (Å²) in [6, 6.07) is 18.5. The quantitative estimate of drug-likeness (QED) is 0.745. The van der Waals surface area contributed by atoms with Gasteiger partial charge in [0.1, 0.15) is 0 Å². The van der Waals surface area contributed by atoms with Gasteiger partial charge in [-0.3, -0.25) is 5.32 Å². The first-order valence-corrected chi connectivity index (χ1v) is 6.81. The van der Waals surface area contributed by atoms with Gasteiger partial charge in [-0.15, -0.1) is 0 Å². The van der Waals surface area contributed by atoms with E-state index in [-0.39, 0.29) is 6.61 Å². The second-order valence-corrected chi connectivity index (χ2v) is 4.86. The van der Waals surface area contributed by atoms with Gasteiger partial charge in [0.15, 0.2) is 0 Å². The van der Waals surface area contributed by atoms with Crippen LogP contribution >= 0.6 is 0 Å². The molecule has 102 valence electrons. The highest BCUT2D eigenvalue weighted by Crippen LogP contribution is 2.19. The van der Waals surface area contributed by atoms with Gasteiger partial charge in [-0.2, -0.15) is 0 Å². The summed E-state index contributed by atoms with van der Waals surface area (Å²) in [5, 5.41) is 13.9. The van der Waals surface area contributed by atoms with E-state index in [9.17, 15) is 5.11 Å². The fourth-order valence-electron chi connectivity index (χ4n) is 2.48. The van der Waals surface area contributed by atoms with Crippen molar-refractivity contribution in [3.8, 4) is 0 Å². The van der Waals surface area contributed by atoms with Crippen LogP contribution in [0.2, 0.25) is 0 Å². The second-order valence-electron chi connectivity index (χ2n) is 4.86. The van der Waals surface area contributed by atoms with Crippen molar-refractivity contribution in [2.75, 3.05) is 0 Å². The lowest BCUT2D eigenvalue weighted by Gasteiger charge is -2.08. The highest BCUT2D eigenvalue weighted by molar-refractivity contribution is 5.83. The lowest BCUT2D eigenvalue weighted by Crippen LogP contribution is -2.17. The zero-order valence-corrected chi connectivity index (χ0v) is 11.3. The molecule has 1 aromatic heterocycles. The average molecular weight is 266 g/mol. The van der Waals surface area contributed by atoms with Gasteiger partial charge in [-0.1, -0.05) is 42.5 Å². The van der Waals surface area contributed by atoms with Crippen molar-refractivity contribution in [2.45, 2.75) is 19.8 Å². The number of rotatable bonds is 5. The molecule has 0 aliphatic carbocycles. The van der Waals surface area contributed by atoms with Crippen LogP contribution in [-0.2, 0) is 19.8 Å². The van der Waals surface area contributed by atoms with Gasteiger partial charge < -0.3 is 9.67 Å². The van der Waals surface area contributed by atoms with Crippen LogP contribution in [-0.4, -0.2) is 9.67 Å². The molecule has 0 bridgehead atoms. The summed E-state index contributed by atoms with van der Waals surface area (Å²) in [6.07, 6.45) is 2.06. The molecule has 1 heterocycles. The van der Waals surface area contributed by atoms with Crippen molar-refractivity contribution in [3.63, 3.8) is 0 Å². The average Bonchev–Trinajstić information content (AvgIpc) is 2.92. The molecule has 0 atom stereocenters. The minimum atomic E-state index is 0.0821. The highest BCUT2D eigenvalue weighted by atomic mass is 16.3. The molecule has 2 aromatic carbocycles. The molecule has 0 unspecified atom stereocenters. The molecule has 0 amide bonds. The third-order valence-corrected chi connectivity index (χ3v) is 3.53. The van der Waals surface area contributed by atoms with Gasteiger partial charge in [0, 0.05) is 23.6 Å². The Balaban J connectivity index is 1.72. The summed E-state index contributed by atoms with van der Waals surface area (Å²) < 4.78 is 2.16. The van der Waals surface area contributed by atoms with E-state index in [4.69, 9.17) is 0 Å². The van der Waals surface area contributed by atoms with Gasteiger partial charge in [0.2, 0.25) is 0 Å². The summed E-state index contributed by atoms with van der Waals surface area (Å²) in [7, 11) is 0. The summed E-state index contributed by atoms with van der Waals surface area (Å²) in [5.74, 6) is 0. The van der Waals surface area contributed by atoms with E-state index in [0.29, 0.717) is 0 Å². The number of nitrogens with one attached hydrogen (secondary N) is 1. The molecule has 0 fully saturated rings. The Bertz CT molecular complexity index is 689. The smallest absolute Gasteiger partial charge is 0.0728 e. The molecule has 3 nitrogen and oxygen atoms in total. The Hall–Kier alpha value is -2.10. The molecule has 0 saturated carbocycles. The van der Waals surface area contributed by atoms with E-state index in [0.717, 1.165) is 29.7 Å². The van der Waals surface area contributed by atoms with Gasteiger partial charge >= 0.3 is 0 Å². The van der Waals surface area contributed by atoms with E-state index < -0.39 is 0 Å². The number of aromatic nitrogens is 1. The lowest BCUT2D eigenvalue weighted by molar-refractivity contribution is 0.283. The second kappa shape index (κ2) is 5.90. The molecule has 20 heavy (non-hydrogen) atoms. The van der Waals surface area contributed by atoms with Crippen LogP contribution in [0.15, 0.2) is 60.8 Å². The maximum Gasteiger partial charge on any atom is 0.0728 e. The van der Waals surface area contributed by atoms with Crippen LogP contribution < -0.4 is 5.32 Å². The standard InChI is InChI=1S/C17H18N2O/c20-12-15-7-4-8-17-16(15)9-10-19(17)13-18-11-14-5-2-1-3-6-14/h1-10,18,20H,11-13H2. The predicted molar refractivity (Wildman–Crippen MR) is 81.1 cm³/mol. The zero-order chi connectivity index (χ0) is 13.8. The van der Waals surface area contributed by atoms with E-state index in [1.807, 2.05) is 18.2 Å². The topological polar surface area (TPSA) is 37.2 Å². The third-order valence-electron chi connectivity index (χ3n) is 3.53. The molecule has 3 heteroatoms. The normalized spacial score (nSPS) is 11.1. The van der Waals surface area contributed by atoms with Crippen LogP contribution in [0.1, 0.15) is 11.1 Å². The van der Waals surface area contributed by atoms with Gasteiger partial charge in [-0.05, 0) is 23.3 Å². The zero-order valence-electron chi connectivity index (χ0n) is 11.3. The number of aliphatic hydroxyl groups excluding tert-OH is 1. The first kappa shape index (κ1) is 12.9. The number of nitrogens with zero attached hydrogens (tertiary/aromatic N) is 1. The molecule has 0 spiro atoms. The minimum Gasteiger partial charge on any atom is -0.392 e. The number of benzene rings is 2. The molecule has 3 aromatic rings. The summed E-state index contributed by atoms with van der Waals surface area (Å²) in [5.41, 5.74) is 3.40. The molecule has 0 aliphatic rings. The third kappa shape index (κ3) is 2.59. The largest absolute Gasteiger partial charge is 0.392 e. The van der Waals surface area contributed by atoms with Crippen LogP contribution in [0.25, 0.3) is 10.9 Å². The number of aliphatic hydroxyl groups is 1. The Morgan fingerprint density at radius 1 is 0.950 bits per heavy atom. The monoisotopic (exact) mass is 266 g/mol. The van der Waals surface area contributed by atoms with Crippen LogP contribution in [0, 0.1) is 0 Å². The lowest BCUT2D eigenvalue weighted by atomic mass is 10.1.